The van der Waals surface area contributed by atoms with E-state index < -0.39 is 0 Å². The number of aryl methyl sites for hydroxylation is 1. The molecule has 0 unspecified atom stereocenters. The van der Waals surface area contributed by atoms with Crippen molar-refractivity contribution in [1.29, 1.82) is 0 Å². The first-order valence-corrected chi connectivity index (χ1v) is 9.10. The summed E-state index contributed by atoms with van der Waals surface area (Å²) in [4.78, 5) is 6.99. The van der Waals surface area contributed by atoms with Crippen molar-refractivity contribution < 1.29 is 0 Å². The van der Waals surface area contributed by atoms with Gasteiger partial charge in [0.2, 0.25) is 5.13 Å². The summed E-state index contributed by atoms with van der Waals surface area (Å²) in [6.45, 7) is 8.73. The Morgan fingerprint density at radius 1 is 1.27 bits per heavy atom. The Bertz CT molecular complexity index is 595. The van der Waals surface area contributed by atoms with E-state index in [0.717, 1.165) is 48.9 Å². The lowest BCUT2D eigenvalue weighted by molar-refractivity contribution is 0.449. The van der Waals surface area contributed by atoms with Crippen LogP contribution in [0.2, 0.25) is 0 Å². The lowest BCUT2D eigenvalue weighted by atomic mass is 9.96. The largest absolute Gasteiger partial charge is 0.347 e. The molecule has 0 N–H and O–H groups in total. The van der Waals surface area contributed by atoms with Crippen LogP contribution >= 0.6 is 11.3 Å². The molecule has 0 spiro atoms. The van der Waals surface area contributed by atoms with Gasteiger partial charge in [0.05, 0.1) is 0 Å². The average Bonchev–Trinajstić information content (AvgIpc) is 3.17. The lowest BCUT2D eigenvalue weighted by Crippen LogP contribution is -2.33. The van der Waals surface area contributed by atoms with Gasteiger partial charge < -0.3 is 9.47 Å². The quantitative estimate of drug-likeness (QED) is 0.844. The van der Waals surface area contributed by atoms with Crippen LogP contribution in [0.4, 0.5) is 5.13 Å². The van der Waals surface area contributed by atoms with Crippen LogP contribution in [-0.2, 0) is 6.42 Å². The van der Waals surface area contributed by atoms with Crippen molar-refractivity contribution in [1.82, 2.24) is 19.7 Å². The smallest absolute Gasteiger partial charge is 0.208 e. The molecule has 0 amide bonds. The lowest BCUT2D eigenvalue weighted by Gasteiger charge is -2.31. The van der Waals surface area contributed by atoms with Gasteiger partial charge in [0.15, 0.2) is 0 Å². The third kappa shape index (κ3) is 3.16. The first-order chi connectivity index (χ1) is 10.7. The molecule has 3 rings (SSSR count). The van der Waals surface area contributed by atoms with Crippen LogP contribution < -0.4 is 4.90 Å². The van der Waals surface area contributed by atoms with Gasteiger partial charge in [-0.3, -0.25) is 0 Å². The normalized spacial score (nSPS) is 16.6. The highest BCUT2D eigenvalue weighted by Gasteiger charge is 2.26. The monoisotopic (exact) mass is 319 g/mol. The summed E-state index contributed by atoms with van der Waals surface area (Å²) >= 11 is 1.75. The van der Waals surface area contributed by atoms with Crippen molar-refractivity contribution in [3.05, 3.63) is 23.2 Å². The molecular formula is C16H25N5S. The van der Waals surface area contributed by atoms with E-state index in [1.807, 2.05) is 6.20 Å². The number of anilines is 1. The van der Waals surface area contributed by atoms with Crippen LogP contribution in [0.5, 0.6) is 0 Å². The molecule has 0 radical (unpaired) electrons. The van der Waals surface area contributed by atoms with Crippen molar-refractivity contribution in [3.8, 4) is 0 Å². The standard InChI is InChI=1S/C16H25N5S/c1-4-5-14-18-19-16(22-14)20-9-6-13(7-10-20)15-17-8-11-21(15)12(2)3/h8,11-13H,4-7,9-10H2,1-3H3. The van der Waals surface area contributed by atoms with Gasteiger partial charge >= 0.3 is 0 Å². The molecule has 1 fully saturated rings. The second-order valence-corrected chi connectivity index (χ2v) is 7.32. The Hall–Kier alpha value is -1.43. The van der Waals surface area contributed by atoms with Gasteiger partial charge in [0, 0.05) is 43.9 Å². The van der Waals surface area contributed by atoms with E-state index in [9.17, 15) is 0 Å². The topological polar surface area (TPSA) is 46.8 Å². The average molecular weight is 319 g/mol. The molecule has 1 aliphatic rings. The molecule has 5 nitrogen and oxygen atoms in total. The molecule has 1 saturated heterocycles. The minimum atomic E-state index is 0.482. The molecular weight excluding hydrogens is 294 g/mol. The van der Waals surface area contributed by atoms with E-state index in [1.165, 1.54) is 5.82 Å². The summed E-state index contributed by atoms with van der Waals surface area (Å²) in [5.41, 5.74) is 0. The molecule has 0 saturated carbocycles. The summed E-state index contributed by atoms with van der Waals surface area (Å²) in [6, 6.07) is 0.482. The second-order valence-electron chi connectivity index (χ2n) is 6.28. The van der Waals surface area contributed by atoms with Crippen LogP contribution in [0, 0.1) is 0 Å². The van der Waals surface area contributed by atoms with Crippen LogP contribution in [0.15, 0.2) is 12.4 Å². The third-order valence-corrected chi connectivity index (χ3v) is 5.35. The predicted octanol–water partition coefficient (Wildman–Crippen LogP) is 3.65. The van der Waals surface area contributed by atoms with Crippen molar-refractivity contribution in [2.75, 3.05) is 18.0 Å². The van der Waals surface area contributed by atoms with E-state index in [1.54, 1.807) is 11.3 Å². The number of rotatable bonds is 5. The Labute approximate surface area is 136 Å². The van der Waals surface area contributed by atoms with Crippen molar-refractivity contribution in [2.24, 2.45) is 0 Å². The first-order valence-electron chi connectivity index (χ1n) is 8.29. The van der Waals surface area contributed by atoms with Crippen molar-refractivity contribution >= 4 is 16.5 Å². The molecule has 120 valence electrons. The Balaban J connectivity index is 1.63. The van der Waals surface area contributed by atoms with Gasteiger partial charge in [-0.15, -0.1) is 10.2 Å². The zero-order valence-corrected chi connectivity index (χ0v) is 14.5. The maximum atomic E-state index is 4.61. The minimum Gasteiger partial charge on any atom is -0.347 e. The highest BCUT2D eigenvalue weighted by molar-refractivity contribution is 7.15. The van der Waals surface area contributed by atoms with Gasteiger partial charge in [-0.1, -0.05) is 18.3 Å². The molecule has 22 heavy (non-hydrogen) atoms. The maximum Gasteiger partial charge on any atom is 0.208 e. The number of nitrogens with zero attached hydrogens (tertiary/aromatic N) is 5. The fourth-order valence-electron chi connectivity index (χ4n) is 3.09. The summed E-state index contributed by atoms with van der Waals surface area (Å²) in [6.07, 6.45) is 8.50. The number of aromatic nitrogens is 4. The van der Waals surface area contributed by atoms with Crippen LogP contribution in [-0.4, -0.2) is 32.8 Å². The molecule has 0 aliphatic carbocycles. The first kappa shape index (κ1) is 15.5. The van der Waals surface area contributed by atoms with Gasteiger partial charge in [0.25, 0.3) is 0 Å². The highest BCUT2D eigenvalue weighted by atomic mass is 32.1. The van der Waals surface area contributed by atoms with Gasteiger partial charge in [0.1, 0.15) is 10.8 Å². The maximum absolute atomic E-state index is 4.61. The Kier molecular flexibility index (Phi) is 4.76. The number of hydrogen-bond donors (Lipinski definition) is 0. The molecule has 0 bridgehead atoms. The SMILES string of the molecule is CCCc1nnc(N2CCC(c3nccn3C(C)C)CC2)s1. The number of piperidine rings is 1. The van der Waals surface area contributed by atoms with Crippen molar-refractivity contribution in [2.45, 2.75) is 58.4 Å². The zero-order chi connectivity index (χ0) is 15.5. The number of imidazole rings is 1. The van der Waals surface area contributed by atoms with E-state index in [-0.39, 0.29) is 0 Å². The van der Waals surface area contributed by atoms with Gasteiger partial charge in [-0.25, -0.2) is 4.98 Å². The van der Waals surface area contributed by atoms with E-state index in [2.05, 4.69) is 51.6 Å². The molecule has 2 aromatic heterocycles. The van der Waals surface area contributed by atoms with Crippen LogP contribution in [0.1, 0.15) is 62.8 Å². The minimum absolute atomic E-state index is 0.482. The molecule has 1 aliphatic heterocycles. The van der Waals surface area contributed by atoms with E-state index in [0.29, 0.717) is 12.0 Å². The summed E-state index contributed by atoms with van der Waals surface area (Å²) in [7, 11) is 0. The Morgan fingerprint density at radius 2 is 2.05 bits per heavy atom. The Morgan fingerprint density at radius 3 is 2.73 bits per heavy atom. The zero-order valence-electron chi connectivity index (χ0n) is 13.7. The fraction of sp³-hybridized carbons (Fsp3) is 0.688. The fourth-order valence-corrected chi connectivity index (χ4v) is 4.09. The molecule has 6 heteroatoms. The summed E-state index contributed by atoms with van der Waals surface area (Å²) in [5, 5.41) is 10.9. The molecule has 0 aromatic carbocycles. The van der Waals surface area contributed by atoms with Crippen LogP contribution in [0.3, 0.4) is 0 Å². The highest BCUT2D eigenvalue weighted by Crippen LogP contribution is 2.32. The summed E-state index contributed by atoms with van der Waals surface area (Å²) < 4.78 is 2.31. The van der Waals surface area contributed by atoms with Gasteiger partial charge in [-0.05, 0) is 33.1 Å². The van der Waals surface area contributed by atoms with E-state index in [4.69, 9.17) is 0 Å². The van der Waals surface area contributed by atoms with Crippen molar-refractivity contribution in [3.63, 3.8) is 0 Å². The van der Waals surface area contributed by atoms with Crippen LogP contribution in [0.25, 0.3) is 0 Å². The van der Waals surface area contributed by atoms with Gasteiger partial charge in [-0.2, -0.15) is 0 Å². The molecule has 3 heterocycles. The second kappa shape index (κ2) is 6.77. The third-order valence-electron chi connectivity index (χ3n) is 4.31. The molecule has 2 aromatic rings. The predicted molar refractivity (Wildman–Crippen MR) is 90.7 cm³/mol. The van der Waals surface area contributed by atoms with E-state index >= 15 is 0 Å². The molecule has 0 atom stereocenters. The summed E-state index contributed by atoms with van der Waals surface area (Å²) in [5.74, 6) is 1.82. The number of hydrogen-bond acceptors (Lipinski definition) is 5.